The normalized spacial score (nSPS) is 10.7. The molecular formula is C14H9F2N3O. The lowest BCUT2D eigenvalue weighted by Crippen LogP contribution is -2.13. The number of amides is 1. The Balaban J connectivity index is 1.90. The summed E-state index contributed by atoms with van der Waals surface area (Å²) in [6.07, 6.45) is 1.63. The van der Waals surface area contributed by atoms with Gasteiger partial charge in [-0.2, -0.15) is 5.10 Å². The number of benzene rings is 2. The number of aromatic nitrogens is 2. The van der Waals surface area contributed by atoms with Crippen LogP contribution in [0.15, 0.2) is 42.6 Å². The number of fused-ring (bicyclic) bond motifs is 1. The van der Waals surface area contributed by atoms with Crippen LogP contribution in [0.5, 0.6) is 0 Å². The highest BCUT2D eigenvalue weighted by Gasteiger charge is 2.12. The summed E-state index contributed by atoms with van der Waals surface area (Å²) in [6.45, 7) is 0. The molecule has 0 radical (unpaired) electrons. The number of hydrogen-bond donors (Lipinski definition) is 2. The van der Waals surface area contributed by atoms with Gasteiger partial charge < -0.3 is 5.32 Å². The first-order chi connectivity index (χ1) is 9.65. The van der Waals surface area contributed by atoms with Crippen LogP contribution < -0.4 is 5.32 Å². The molecule has 20 heavy (non-hydrogen) atoms. The van der Waals surface area contributed by atoms with E-state index < -0.39 is 17.5 Å². The molecule has 2 N–H and O–H groups in total. The van der Waals surface area contributed by atoms with Crippen LogP contribution in [0.4, 0.5) is 14.5 Å². The number of carbonyl (C=O) groups is 1. The third-order valence-corrected chi connectivity index (χ3v) is 2.90. The summed E-state index contributed by atoms with van der Waals surface area (Å²) in [4.78, 5) is 12.0. The molecule has 0 saturated heterocycles. The van der Waals surface area contributed by atoms with Gasteiger partial charge in [-0.3, -0.25) is 9.89 Å². The van der Waals surface area contributed by atoms with Crippen molar-refractivity contribution in [2.24, 2.45) is 0 Å². The monoisotopic (exact) mass is 273 g/mol. The maximum absolute atomic E-state index is 13.5. The average Bonchev–Trinajstić information content (AvgIpc) is 2.91. The molecule has 0 aliphatic carbocycles. The van der Waals surface area contributed by atoms with Crippen molar-refractivity contribution in [3.05, 3.63) is 59.8 Å². The Morgan fingerprint density at radius 2 is 2.05 bits per heavy atom. The highest BCUT2D eigenvalue weighted by atomic mass is 19.2. The van der Waals surface area contributed by atoms with Gasteiger partial charge in [0.25, 0.3) is 5.91 Å². The van der Waals surface area contributed by atoms with E-state index in [0.29, 0.717) is 11.1 Å². The third-order valence-electron chi connectivity index (χ3n) is 2.90. The molecule has 0 aliphatic heterocycles. The number of carbonyl (C=O) groups excluding carboxylic acids is 1. The number of aromatic amines is 1. The van der Waals surface area contributed by atoms with Crippen molar-refractivity contribution in [3.8, 4) is 0 Å². The Morgan fingerprint density at radius 1 is 1.20 bits per heavy atom. The van der Waals surface area contributed by atoms with E-state index in [2.05, 4.69) is 15.5 Å². The van der Waals surface area contributed by atoms with Gasteiger partial charge in [0.1, 0.15) is 0 Å². The van der Waals surface area contributed by atoms with Gasteiger partial charge in [0.2, 0.25) is 0 Å². The zero-order chi connectivity index (χ0) is 14.1. The SMILES string of the molecule is O=C(Nc1cccc(F)c1F)c1ccc2cn[nH]c2c1. The van der Waals surface area contributed by atoms with Crippen LogP contribution in [0.1, 0.15) is 10.4 Å². The molecule has 0 unspecified atom stereocenters. The van der Waals surface area contributed by atoms with E-state index in [9.17, 15) is 13.6 Å². The number of hydrogen-bond acceptors (Lipinski definition) is 2. The molecule has 0 spiro atoms. The molecule has 0 fully saturated rings. The van der Waals surface area contributed by atoms with Crippen LogP contribution in [0, 0.1) is 11.6 Å². The number of nitrogens with one attached hydrogen (secondary N) is 2. The second kappa shape index (κ2) is 4.73. The van der Waals surface area contributed by atoms with Crippen molar-refractivity contribution < 1.29 is 13.6 Å². The van der Waals surface area contributed by atoms with E-state index in [1.807, 2.05) is 0 Å². The standard InChI is InChI=1S/C14H9F2N3O/c15-10-2-1-3-11(13(10)16)18-14(20)8-4-5-9-7-17-19-12(9)6-8/h1-7H,(H,17,19)(H,18,20). The van der Waals surface area contributed by atoms with Crippen molar-refractivity contribution >= 4 is 22.5 Å². The molecule has 1 amide bonds. The molecule has 3 aromatic rings. The molecule has 100 valence electrons. The Hall–Kier alpha value is -2.76. The van der Waals surface area contributed by atoms with Gasteiger partial charge in [-0.05, 0) is 24.3 Å². The van der Waals surface area contributed by atoms with Gasteiger partial charge in [0, 0.05) is 10.9 Å². The number of H-pyrrole nitrogens is 1. The van der Waals surface area contributed by atoms with Crippen LogP contribution in [0.25, 0.3) is 10.9 Å². The highest BCUT2D eigenvalue weighted by molar-refractivity contribution is 6.06. The maximum Gasteiger partial charge on any atom is 0.255 e. The molecular weight excluding hydrogens is 264 g/mol. The van der Waals surface area contributed by atoms with E-state index in [1.54, 1.807) is 24.4 Å². The van der Waals surface area contributed by atoms with E-state index in [-0.39, 0.29) is 5.69 Å². The minimum absolute atomic E-state index is 0.195. The summed E-state index contributed by atoms with van der Waals surface area (Å²) in [5, 5.41) is 9.78. The lowest BCUT2D eigenvalue weighted by atomic mass is 10.1. The van der Waals surface area contributed by atoms with Crippen molar-refractivity contribution in [3.63, 3.8) is 0 Å². The Kier molecular flexibility index (Phi) is 2.90. The first-order valence-corrected chi connectivity index (χ1v) is 5.83. The van der Waals surface area contributed by atoms with Crippen molar-refractivity contribution in [1.82, 2.24) is 10.2 Å². The fourth-order valence-electron chi connectivity index (χ4n) is 1.87. The van der Waals surface area contributed by atoms with Crippen LogP contribution in [0.2, 0.25) is 0 Å². The largest absolute Gasteiger partial charge is 0.319 e. The first kappa shape index (κ1) is 12.3. The molecule has 3 rings (SSSR count). The molecule has 0 bridgehead atoms. The summed E-state index contributed by atoms with van der Waals surface area (Å²) in [5.74, 6) is -2.61. The van der Waals surface area contributed by atoms with Crippen LogP contribution in [-0.2, 0) is 0 Å². The molecule has 1 heterocycles. The van der Waals surface area contributed by atoms with E-state index in [1.165, 1.54) is 12.1 Å². The highest BCUT2D eigenvalue weighted by Crippen LogP contribution is 2.19. The third kappa shape index (κ3) is 2.11. The Labute approximate surface area is 112 Å². The quantitative estimate of drug-likeness (QED) is 0.753. The predicted octanol–water partition coefficient (Wildman–Crippen LogP) is 3.09. The number of anilines is 1. The summed E-state index contributed by atoms with van der Waals surface area (Å²) in [7, 11) is 0. The molecule has 6 heteroatoms. The van der Waals surface area contributed by atoms with Gasteiger partial charge in [-0.15, -0.1) is 0 Å². The smallest absolute Gasteiger partial charge is 0.255 e. The lowest BCUT2D eigenvalue weighted by molar-refractivity contribution is 0.102. The second-order valence-electron chi connectivity index (χ2n) is 4.23. The molecule has 0 saturated carbocycles. The topological polar surface area (TPSA) is 57.8 Å². The molecule has 1 aromatic heterocycles. The Morgan fingerprint density at radius 3 is 2.90 bits per heavy atom. The van der Waals surface area contributed by atoms with Gasteiger partial charge in [0.15, 0.2) is 11.6 Å². The van der Waals surface area contributed by atoms with Gasteiger partial charge >= 0.3 is 0 Å². The number of nitrogens with zero attached hydrogens (tertiary/aromatic N) is 1. The van der Waals surface area contributed by atoms with E-state index in [0.717, 1.165) is 11.5 Å². The molecule has 0 atom stereocenters. The van der Waals surface area contributed by atoms with Gasteiger partial charge in [0.05, 0.1) is 17.4 Å². The first-order valence-electron chi connectivity index (χ1n) is 5.83. The van der Waals surface area contributed by atoms with Gasteiger partial charge in [-0.25, -0.2) is 8.78 Å². The lowest BCUT2D eigenvalue weighted by Gasteiger charge is -2.06. The van der Waals surface area contributed by atoms with Crippen molar-refractivity contribution in [1.29, 1.82) is 0 Å². The van der Waals surface area contributed by atoms with Crippen molar-refractivity contribution in [2.75, 3.05) is 5.32 Å². The summed E-state index contributed by atoms with van der Waals surface area (Å²) < 4.78 is 26.5. The summed E-state index contributed by atoms with van der Waals surface area (Å²) >= 11 is 0. The minimum atomic E-state index is -1.08. The summed E-state index contributed by atoms with van der Waals surface area (Å²) in [6, 6.07) is 8.51. The number of halogens is 2. The second-order valence-corrected chi connectivity index (χ2v) is 4.23. The fraction of sp³-hybridized carbons (Fsp3) is 0. The minimum Gasteiger partial charge on any atom is -0.319 e. The average molecular weight is 273 g/mol. The fourth-order valence-corrected chi connectivity index (χ4v) is 1.87. The van der Waals surface area contributed by atoms with Crippen LogP contribution in [-0.4, -0.2) is 16.1 Å². The van der Waals surface area contributed by atoms with Crippen molar-refractivity contribution in [2.45, 2.75) is 0 Å². The number of rotatable bonds is 2. The zero-order valence-corrected chi connectivity index (χ0v) is 10.2. The Bertz CT molecular complexity index is 798. The maximum atomic E-state index is 13.5. The molecule has 0 aliphatic rings. The van der Waals surface area contributed by atoms with Crippen LogP contribution >= 0.6 is 0 Å². The molecule has 2 aromatic carbocycles. The van der Waals surface area contributed by atoms with Gasteiger partial charge in [-0.1, -0.05) is 12.1 Å². The summed E-state index contributed by atoms with van der Waals surface area (Å²) in [5.41, 5.74) is 0.822. The van der Waals surface area contributed by atoms with Crippen LogP contribution in [0.3, 0.4) is 0 Å². The predicted molar refractivity (Wildman–Crippen MR) is 70.4 cm³/mol. The van der Waals surface area contributed by atoms with E-state index in [4.69, 9.17) is 0 Å². The zero-order valence-electron chi connectivity index (χ0n) is 10.2. The molecule has 4 nitrogen and oxygen atoms in total. The van der Waals surface area contributed by atoms with E-state index >= 15 is 0 Å².